The zero-order chi connectivity index (χ0) is 12.1. The number of hydrogen-bond donors (Lipinski definition) is 0. The van der Waals surface area contributed by atoms with E-state index in [1.165, 1.54) is 0 Å². The van der Waals surface area contributed by atoms with Gasteiger partial charge < -0.3 is 0 Å². The summed E-state index contributed by atoms with van der Waals surface area (Å²) in [5.74, 6) is 2.62. The molecule has 0 spiro atoms. The fourth-order valence-corrected chi connectivity index (χ4v) is 1.46. The molecule has 0 saturated carbocycles. The lowest BCUT2D eigenvalue weighted by Crippen LogP contribution is -1.78. The number of hydrogen-bond acceptors (Lipinski definition) is 2. The van der Waals surface area contributed by atoms with Crippen molar-refractivity contribution in [2.24, 2.45) is 10.2 Å². The highest BCUT2D eigenvalue weighted by molar-refractivity contribution is 5.55. The van der Waals surface area contributed by atoms with Crippen LogP contribution in [0.3, 0.4) is 0 Å². The fraction of sp³-hybridized carbons (Fsp3) is 0.0667. The molecule has 0 amide bonds. The Morgan fingerprint density at radius 1 is 1.00 bits per heavy atom. The topological polar surface area (TPSA) is 24.7 Å². The molecule has 0 saturated heterocycles. The molecule has 0 heterocycles. The van der Waals surface area contributed by atoms with Crippen LogP contribution >= 0.6 is 0 Å². The van der Waals surface area contributed by atoms with E-state index in [4.69, 9.17) is 6.42 Å². The minimum atomic E-state index is 0.724. The molecule has 2 nitrogen and oxygen atoms in total. The highest BCUT2D eigenvalue weighted by atomic mass is 15.1. The second-order valence-corrected chi connectivity index (χ2v) is 3.70. The Bertz CT molecular complexity index is 578. The number of rotatable bonds is 2. The Kier molecular flexibility index (Phi) is 3.32. The van der Waals surface area contributed by atoms with Gasteiger partial charge in [0, 0.05) is 0 Å². The van der Waals surface area contributed by atoms with Gasteiger partial charge in [-0.05, 0) is 36.8 Å². The van der Waals surface area contributed by atoms with Crippen molar-refractivity contribution in [2.75, 3.05) is 0 Å². The standard InChI is InChI=1S/C15H12N2/c1-3-13-11-12(2)9-10-15(13)17-16-14-7-5-4-6-8-14/h1,4-11H,2H3. The molecule has 17 heavy (non-hydrogen) atoms. The van der Waals surface area contributed by atoms with Crippen molar-refractivity contribution < 1.29 is 0 Å². The van der Waals surface area contributed by atoms with E-state index in [1.54, 1.807) is 0 Å². The summed E-state index contributed by atoms with van der Waals surface area (Å²) in [6.07, 6.45) is 5.44. The summed E-state index contributed by atoms with van der Waals surface area (Å²) < 4.78 is 0. The molecule has 0 aliphatic carbocycles. The first-order valence-electron chi connectivity index (χ1n) is 5.33. The van der Waals surface area contributed by atoms with Gasteiger partial charge in [0.25, 0.3) is 0 Å². The first-order valence-corrected chi connectivity index (χ1v) is 5.33. The van der Waals surface area contributed by atoms with Crippen LogP contribution in [0.5, 0.6) is 0 Å². The third kappa shape index (κ3) is 2.79. The lowest BCUT2D eigenvalue weighted by molar-refractivity contribution is 1.22. The molecule has 82 valence electrons. The van der Waals surface area contributed by atoms with Crippen LogP contribution in [0.25, 0.3) is 0 Å². The molecule has 0 unspecified atom stereocenters. The minimum Gasteiger partial charge on any atom is -0.151 e. The van der Waals surface area contributed by atoms with Gasteiger partial charge in [0.15, 0.2) is 0 Å². The molecule has 0 aliphatic rings. The van der Waals surface area contributed by atoms with Gasteiger partial charge in [-0.15, -0.1) is 11.5 Å². The zero-order valence-corrected chi connectivity index (χ0v) is 9.59. The maximum Gasteiger partial charge on any atom is 0.101 e. The second-order valence-electron chi connectivity index (χ2n) is 3.70. The lowest BCUT2D eigenvalue weighted by atomic mass is 10.1. The molecule has 2 heteroatoms. The molecule has 2 rings (SSSR count). The van der Waals surface area contributed by atoms with E-state index in [-0.39, 0.29) is 0 Å². The number of benzene rings is 2. The molecule has 0 aromatic heterocycles. The second kappa shape index (κ2) is 5.09. The van der Waals surface area contributed by atoms with Crippen molar-refractivity contribution in [3.8, 4) is 12.3 Å². The Morgan fingerprint density at radius 2 is 1.76 bits per heavy atom. The van der Waals surface area contributed by atoms with Gasteiger partial charge >= 0.3 is 0 Å². The molecule has 0 fully saturated rings. The van der Waals surface area contributed by atoms with Crippen LogP contribution in [-0.4, -0.2) is 0 Å². The van der Waals surface area contributed by atoms with Crippen molar-refractivity contribution in [3.05, 3.63) is 59.7 Å². The third-order valence-corrected chi connectivity index (χ3v) is 2.34. The summed E-state index contributed by atoms with van der Waals surface area (Å²) in [6.45, 7) is 2.00. The molecule has 2 aromatic rings. The Hall–Kier alpha value is -2.40. The van der Waals surface area contributed by atoms with E-state index < -0.39 is 0 Å². The average molecular weight is 220 g/mol. The van der Waals surface area contributed by atoms with Crippen molar-refractivity contribution in [3.63, 3.8) is 0 Å². The fourth-order valence-electron chi connectivity index (χ4n) is 1.46. The Labute approximate surface area is 101 Å². The predicted molar refractivity (Wildman–Crippen MR) is 69.7 cm³/mol. The van der Waals surface area contributed by atoms with E-state index >= 15 is 0 Å². The monoisotopic (exact) mass is 220 g/mol. The first-order chi connectivity index (χ1) is 8.29. The summed E-state index contributed by atoms with van der Waals surface area (Å²) in [6, 6.07) is 15.4. The van der Waals surface area contributed by atoms with Crippen LogP contribution in [-0.2, 0) is 0 Å². The van der Waals surface area contributed by atoms with Gasteiger partial charge in [-0.3, -0.25) is 0 Å². The average Bonchev–Trinajstić information content (AvgIpc) is 2.38. The summed E-state index contributed by atoms with van der Waals surface area (Å²) >= 11 is 0. The van der Waals surface area contributed by atoms with Gasteiger partial charge in [0.1, 0.15) is 5.69 Å². The van der Waals surface area contributed by atoms with E-state index in [9.17, 15) is 0 Å². The van der Waals surface area contributed by atoms with Crippen LogP contribution in [0.1, 0.15) is 11.1 Å². The van der Waals surface area contributed by atoms with Gasteiger partial charge in [-0.1, -0.05) is 30.2 Å². The third-order valence-electron chi connectivity index (χ3n) is 2.34. The maximum atomic E-state index is 5.44. The van der Waals surface area contributed by atoms with Crippen LogP contribution in [0.2, 0.25) is 0 Å². The molecule has 0 bridgehead atoms. The molecule has 0 N–H and O–H groups in total. The van der Waals surface area contributed by atoms with E-state index in [0.717, 1.165) is 22.5 Å². The van der Waals surface area contributed by atoms with Crippen LogP contribution < -0.4 is 0 Å². The quantitative estimate of drug-likeness (QED) is 0.529. The van der Waals surface area contributed by atoms with Crippen molar-refractivity contribution in [1.29, 1.82) is 0 Å². The highest BCUT2D eigenvalue weighted by Gasteiger charge is 1.98. The van der Waals surface area contributed by atoms with Crippen molar-refractivity contribution >= 4 is 11.4 Å². The highest BCUT2D eigenvalue weighted by Crippen LogP contribution is 2.22. The molecule has 0 radical (unpaired) electrons. The van der Waals surface area contributed by atoms with Gasteiger partial charge in [0.2, 0.25) is 0 Å². The molecular weight excluding hydrogens is 208 g/mol. The van der Waals surface area contributed by atoms with Crippen molar-refractivity contribution in [2.45, 2.75) is 6.92 Å². The lowest BCUT2D eigenvalue weighted by Gasteiger charge is -1.99. The first kappa shape index (κ1) is 11.1. The largest absolute Gasteiger partial charge is 0.151 e. The van der Waals surface area contributed by atoms with Gasteiger partial charge in [0.05, 0.1) is 11.3 Å². The smallest absolute Gasteiger partial charge is 0.101 e. The van der Waals surface area contributed by atoms with Gasteiger partial charge in [-0.2, -0.15) is 5.11 Å². The van der Waals surface area contributed by atoms with Crippen LogP contribution in [0.4, 0.5) is 11.4 Å². The number of aryl methyl sites for hydroxylation is 1. The van der Waals surface area contributed by atoms with Crippen molar-refractivity contribution in [1.82, 2.24) is 0 Å². The molecule has 2 aromatic carbocycles. The van der Waals surface area contributed by atoms with E-state index in [1.807, 2.05) is 55.5 Å². The minimum absolute atomic E-state index is 0.724. The summed E-state index contributed by atoms with van der Waals surface area (Å²) in [5.41, 5.74) is 3.43. The number of nitrogens with zero attached hydrogens (tertiary/aromatic N) is 2. The molecule has 0 atom stereocenters. The predicted octanol–water partition coefficient (Wildman–Crippen LogP) is 4.39. The number of azo groups is 1. The Balaban J connectivity index is 2.31. The molecule has 0 aliphatic heterocycles. The Morgan fingerprint density at radius 3 is 2.47 bits per heavy atom. The zero-order valence-electron chi connectivity index (χ0n) is 9.59. The summed E-state index contributed by atoms with van der Waals surface area (Å²) in [5, 5.41) is 8.32. The normalized spacial score (nSPS) is 10.4. The summed E-state index contributed by atoms with van der Waals surface area (Å²) in [7, 11) is 0. The van der Waals surface area contributed by atoms with Crippen LogP contribution in [0, 0.1) is 19.3 Å². The SMILES string of the molecule is C#Cc1cc(C)ccc1N=Nc1ccccc1. The van der Waals surface area contributed by atoms with Gasteiger partial charge in [-0.25, -0.2) is 0 Å². The number of terminal acetylenes is 1. The van der Waals surface area contributed by atoms with E-state index in [0.29, 0.717) is 0 Å². The molecular formula is C15H12N2. The maximum absolute atomic E-state index is 5.44. The van der Waals surface area contributed by atoms with Crippen LogP contribution in [0.15, 0.2) is 58.8 Å². The van der Waals surface area contributed by atoms with E-state index in [2.05, 4.69) is 16.1 Å². The summed E-state index contributed by atoms with van der Waals surface area (Å²) in [4.78, 5) is 0.